The van der Waals surface area contributed by atoms with Crippen LogP contribution < -0.4 is 0 Å². The van der Waals surface area contributed by atoms with E-state index in [1.54, 1.807) is 4.90 Å². The Morgan fingerprint density at radius 2 is 1.93 bits per heavy atom. The van der Waals surface area contributed by atoms with E-state index in [0.717, 1.165) is 27.9 Å². The molecule has 2 aromatic rings. The van der Waals surface area contributed by atoms with Crippen LogP contribution in [0, 0.1) is 12.7 Å². The third-order valence-corrected chi connectivity index (χ3v) is 8.02. The minimum absolute atomic E-state index is 0.0340. The second kappa shape index (κ2) is 7.62. The summed E-state index contributed by atoms with van der Waals surface area (Å²) in [6.07, 6.45) is 0.670. The number of nitrogens with zero attached hydrogens (tertiary/aromatic N) is 3. The molecule has 1 atom stereocenters. The number of amides is 1. The van der Waals surface area contributed by atoms with Gasteiger partial charge in [0.1, 0.15) is 5.82 Å². The standard InChI is InChI=1S/C20H22FN3O3S2/c1-3-18(19-12-28-13(2)22-19)20(25)23-8-14-10-24(11-15(14)9-23)29(26,27)17-6-4-5-16(21)7-17/h4-7,12,18H,3,8-11H2,1-2H3/t18-/m0/s1. The molecule has 2 aliphatic heterocycles. The number of benzene rings is 1. The van der Waals surface area contributed by atoms with Gasteiger partial charge < -0.3 is 4.90 Å². The van der Waals surface area contributed by atoms with Crippen LogP contribution in [0.3, 0.4) is 0 Å². The second-order valence-corrected chi connectivity index (χ2v) is 10.4. The Bertz CT molecular complexity index is 1080. The second-order valence-electron chi connectivity index (χ2n) is 7.38. The van der Waals surface area contributed by atoms with Crippen molar-refractivity contribution in [1.82, 2.24) is 14.2 Å². The maximum absolute atomic E-state index is 13.5. The lowest BCUT2D eigenvalue weighted by Crippen LogP contribution is -2.38. The monoisotopic (exact) mass is 435 g/mol. The van der Waals surface area contributed by atoms with Crippen molar-refractivity contribution in [3.8, 4) is 0 Å². The molecule has 154 valence electrons. The van der Waals surface area contributed by atoms with Crippen LogP contribution >= 0.6 is 11.3 Å². The average Bonchev–Trinajstić information content (AvgIpc) is 3.37. The highest BCUT2D eigenvalue weighted by Crippen LogP contribution is 2.32. The highest BCUT2D eigenvalue weighted by molar-refractivity contribution is 7.89. The first kappa shape index (κ1) is 20.2. The van der Waals surface area contributed by atoms with E-state index in [1.807, 2.05) is 19.2 Å². The van der Waals surface area contributed by atoms with E-state index in [-0.39, 0.29) is 29.8 Å². The molecule has 0 saturated heterocycles. The van der Waals surface area contributed by atoms with Gasteiger partial charge in [0.05, 0.1) is 21.5 Å². The molecule has 0 aliphatic carbocycles. The highest BCUT2D eigenvalue weighted by Gasteiger charge is 2.39. The molecule has 0 bridgehead atoms. The Balaban J connectivity index is 1.44. The predicted molar refractivity (Wildman–Crippen MR) is 109 cm³/mol. The number of rotatable bonds is 5. The molecular formula is C20H22FN3O3S2. The van der Waals surface area contributed by atoms with E-state index in [0.29, 0.717) is 19.5 Å². The van der Waals surface area contributed by atoms with Gasteiger partial charge in [0, 0.05) is 31.6 Å². The van der Waals surface area contributed by atoms with Gasteiger partial charge in [-0.2, -0.15) is 4.31 Å². The van der Waals surface area contributed by atoms with Crippen LogP contribution in [0.25, 0.3) is 0 Å². The fraction of sp³-hybridized carbons (Fsp3) is 0.400. The molecule has 3 heterocycles. The number of carbonyl (C=O) groups is 1. The van der Waals surface area contributed by atoms with Crippen LogP contribution in [-0.2, 0) is 14.8 Å². The molecular weight excluding hydrogens is 413 g/mol. The van der Waals surface area contributed by atoms with Crippen LogP contribution in [0.5, 0.6) is 0 Å². The molecule has 29 heavy (non-hydrogen) atoms. The zero-order chi connectivity index (χ0) is 20.8. The van der Waals surface area contributed by atoms with Gasteiger partial charge in [-0.05, 0) is 42.7 Å². The molecule has 4 rings (SSSR count). The number of hydrogen-bond donors (Lipinski definition) is 0. The van der Waals surface area contributed by atoms with E-state index >= 15 is 0 Å². The summed E-state index contributed by atoms with van der Waals surface area (Å²) >= 11 is 1.53. The average molecular weight is 436 g/mol. The Labute approximate surface area is 173 Å². The van der Waals surface area contributed by atoms with Crippen molar-refractivity contribution in [2.45, 2.75) is 31.1 Å². The fourth-order valence-electron chi connectivity index (χ4n) is 3.92. The van der Waals surface area contributed by atoms with E-state index in [2.05, 4.69) is 4.98 Å². The topological polar surface area (TPSA) is 70.6 Å². The van der Waals surface area contributed by atoms with E-state index in [4.69, 9.17) is 0 Å². The minimum atomic E-state index is -3.76. The van der Waals surface area contributed by atoms with Crippen molar-refractivity contribution in [2.24, 2.45) is 0 Å². The van der Waals surface area contributed by atoms with Crippen molar-refractivity contribution in [1.29, 1.82) is 0 Å². The van der Waals surface area contributed by atoms with Gasteiger partial charge >= 0.3 is 0 Å². The molecule has 1 amide bonds. The smallest absolute Gasteiger partial charge is 0.243 e. The van der Waals surface area contributed by atoms with Crippen LogP contribution in [0.15, 0.2) is 45.7 Å². The van der Waals surface area contributed by atoms with Gasteiger partial charge in [-0.3, -0.25) is 4.79 Å². The van der Waals surface area contributed by atoms with Crippen molar-refractivity contribution in [3.63, 3.8) is 0 Å². The maximum Gasteiger partial charge on any atom is 0.243 e. The minimum Gasteiger partial charge on any atom is -0.334 e. The van der Waals surface area contributed by atoms with E-state index in [9.17, 15) is 17.6 Å². The van der Waals surface area contributed by atoms with Gasteiger partial charge in [0.25, 0.3) is 0 Å². The molecule has 0 N–H and O–H groups in total. The molecule has 9 heteroatoms. The molecule has 0 saturated carbocycles. The van der Waals surface area contributed by atoms with Crippen LogP contribution in [0.4, 0.5) is 4.39 Å². The number of aryl methyl sites for hydroxylation is 1. The summed E-state index contributed by atoms with van der Waals surface area (Å²) in [5.74, 6) is -0.815. The summed E-state index contributed by atoms with van der Waals surface area (Å²) in [4.78, 5) is 19.3. The lowest BCUT2D eigenvalue weighted by molar-refractivity contribution is -0.131. The molecule has 0 unspecified atom stereocenters. The third-order valence-electron chi connectivity index (χ3n) is 5.44. The van der Waals surface area contributed by atoms with E-state index < -0.39 is 15.8 Å². The zero-order valence-electron chi connectivity index (χ0n) is 16.3. The summed E-state index contributed by atoms with van der Waals surface area (Å²) in [6, 6.07) is 5.05. The maximum atomic E-state index is 13.5. The van der Waals surface area contributed by atoms with Gasteiger partial charge in [0.15, 0.2) is 0 Å². The van der Waals surface area contributed by atoms with Crippen LogP contribution in [-0.4, -0.2) is 54.7 Å². The van der Waals surface area contributed by atoms with Gasteiger partial charge in [-0.15, -0.1) is 11.3 Å². The number of aromatic nitrogens is 1. The van der Waals surface area contributed by atoms with E-state index in [1.165, 1.54) is 33.8 Å². The first-order valence-electron chi connectivity index (χ1n) is 9.46. The Morgan fingerprint density at radius 3 is 2.48 bits per heavy atom. The zero-order valence-corrected chi connectivity index (χ0v) is 17.9. The number of thiazole rings is 1. The fourth-order valence-corrected chi connectivity index (χ4v) is 6.05. The highest BCUT2D eigenvalue weighted by atomic mass is 32.2. The van der Waals surface area contributed by atoms with Gasteiger partial charge in [0.2, 0.25) is 15.9 Å². The third kappa shape index (κ3) is 3.74. The molecule has 2 aliphatic rings. The lowest BCUT2D eigenvalue weighted by Gasteiger charge is -2.25. The molecule has 1 aromatic heterocycles. The summed E-state index contributed by atoms with van der Waals surface area (Å²) < 4.78 is 40.5. The number of carbonyl (C=O) groups excluding carboxylic acids is 1. The summed E-state index contributed by atoms with van der Waals surface area (Å²) in [7, 11) is -3.76. The molecule has 0 fully saturated rings. The number of sulfonamides is 1. The Morgan fingerprint density at radius 1 is 1.24 bits per heavy atom. The first-order chi connectivity index (χ1) is 13.8. The van der Waals surface area contributed by atoms with Crippen LogP contribution in [0.1, 0.15) is 30.0 Å². The van der Waals surface area contributed by atoms with Gasteiger partial charge in [-0.25, -0.2) is 17.8 Å². The number of hydrogen-bond acceptors (Lipinski definition) is 5. The molecule has 0 radical (unpaired) electrons. The Hall–Kier alpha value is -2.10. The van der Waals surface area contributed by atoms with Crippen molar-refractivity contribution in [3.05, 3.63) is 57.3 Å². The van der Waals surface area contributed by atoms with Crippen molar-refractivity contribution >= 4 is 27.3 Å². The normalized spacial score (nSPS) is 18.4. The Kier molecular flexibility index (Phi) is 5.30. The van der Waals surface area contributed by atoms with Crippen molar-refractivity contribution < 1.29 is 17.6 Å². The molecule has 0 spiro atoms. The lowest BCUT2D eigenvalue weighted by atomic mass is 10.0. The predicted octanol–water partition coefficient (Wildman–Crippen LogP) is 2.93. The summed E-state index contributed by atoms with van der Waals surface area (Å²) in [5, 5.41) is 2.87. The van der Waals surface area contributed by atoms with Crippen molar-refractivity contribution in [2.75, 3.05) is 26.2 Å². The molecule has 1 aromatic carbocycles. The molecule has 6 nitrogen and oxygen atoms in total. The SMILES string of the molecule is CC[C@H](C(=O)N1CC2=C(C1)CN(S(=O)(=O)c1cccc(F)c1)C2)c1csc(C)n1. The summed E-state index contributed by atoms with van der Waals surface area (Å²) in [6.45, 7) is 5.24. The van der Waals surface area contributed by atoms with Crippen LogP contribution in [0.2, 0.25) is 0 Å². The number of halogens is 1. The summed E-state index contributed by atoms with van der Waals surface area (Å²) in [5.41, 5.74) is 2.73. The quantitative estimate of drug-likeness (QED) is 0.677. The largest absolute Gasteiger partial charge is 0.334 e. The first-order valence-corrected chi connectivity index (χ1v) is 11.8. The van der Waals surface area contributed by atoms with Gasteiger partial charge in [-0.1, -0.05) is 13.0 Å².